The minimum atomic E-state index is -0.720. The van der Waals surface area contributed by atoms with Gasteiger partial charge in [-0.15, -0.1) is 0 Å². The molecule has 152 valence electrons. The number of aryl methyl sites for hydroxylation is 1. The Morgan fingerprint density at radius 3 is 2.30 bits per heavy atom. The van der Waals surface area contributed by atoms with E-state index in [4.69, 9.17) is 11.6 Å². The maximum absolute atomic E-state index is 14.0. The lowest BCUT2D eigenvalue weighted by atomic mass is 10.0. The van der Waals surface area contributed by atoms with Crippen molar-refractivity contribution in [1.29, 1.82) is 0 Å². The highest BCUT2D eigenvalue weighted by Gasteiger charge is 2.12. The number of hydrogen-bond acceptors (Lipinski definition) is 4. The van der Waals surface area contributed by atoms with Crippen LogP contribution in [-0.4, -0.2) is 9.97 Å². The van der Waals surface area contributed by atoms with Gasteiger partial charge >= 0.3 is 11.1 Å². The second kappa shape index (κ2) is 7.97. The summed E-state index contributed by atoms with van der Waals surface area (Å²) in [6.07, 6.45) is 0. The van der Waals surface area contributed by atoms with Crippen LogP contribution in [0.1, 0.15) is 5.56 Å². The maximum Gasteiger partial charge on any atom is 0.314 e. The number of anilines is 1. The van der Waals surface area contributed by atoms with E-state index in [0.29, 0.717) is 22.3 Å². The van der Waals surface area contributed by atoms with Gasteiger partial charge in [-0.3, -0.25) is 9.59 Å². The molecule has 30 heavy (non-hydrogen) atoms. The largest absolute Gasteiger partial charge is 0.326 e. The van der Waals surface area contributed by atoms with Crippen molar-refractivity contribution in [2.45, 2.75) is 11.8 Å². The molecule has 0 radical (unpaired) electrons. The van der Waals surface area contributed by atoms with E-state index < -0.39 is 22.8 Å². The summed E-state index contributed by atoms with van der Waals surface area (Å²) in [5, 5.41) is 0.266. The van der Waals surface area contributed by atoms with Gasteiger partial charge in [-0.2, -0.15) is 0 Å². The minimum Gasteiger partial charge on any atom is -0.326 e. The van der Waals surface area contributed by atoms with Crippen LogP contribution in [-0.2, 0) is 0 Å². The third-order valence-electron chi connectivity index (χ3n) is 4.48. The van der Waals surface area contributed by atoms with E-state index in [1.165, 1.54) is 11.9 Å². The number of halogens is 3. The molecule has 0 aliphatic heterocycles. The zero-order valence-electron chi connectivity index (χ0n) is 15.5. The number of aromatic nitrogens is 2. The molecule has 0 fully saturated rings. The Labute approximate surface area is 178 Å². The molecule has 0 bridgehead atoms. The van der Waals surface area contributed by atoms with E-state index >= 15 is 0 Å². The standard InChI is InChI=1S/C21H14ClF2N3O2S/c1-10-6-17-18(26-21(29)20(28)25-17)9-19(10)30-27-12-3-4-13(15(22)8-12)14-7-11(23)2-5-16(14)24/h2-9,27H,1H3,(H,25,28)(H,26,29). The first-order valence-corrected chi connectivity index (χ1v) is 9.96. The summed E-state index contributed by atoms with van der Waals surface area (Å²) in [6.45, 7) is 1.87. The number of benzene rings is 3. The number of nitrogens with one attached hydrogen (secondary N) is 3. The van der Waals surface area contributed by atoms with Crippen molar-refractivity contribution in [3.8, 4) is 11.1 Å². The lowest BCUT2D eigenvalue weighted by Gasteiger charge is -2.12. The van der Waals surface area contributed by atoms with Gasteiger partial charge in [-0.25, -0.2) is 8.78 Å². The molecule has 0 atom stereocenters. The fourth-order valence-electron chi connectivity index (χ4n) is 2.98. The predicted octanol–water partition coefficient (Wildman–Crippen LogP) is 5.24. The molecule has 0 aliphatic carbocycles. The second-order valence-electron chi connectivity index (χ2n) is 6.59. The van der Waals surface area contributed by atoms with Gasteiger partial charge in [0.1, 0.15) is 11.6 Å². The molecule has 0 saturated carbocycles. The third-order valence-corrected chi connectivity index (χ3v) is 5.79. The smallest absolute Gasteiger partial charge is 0.314 e. The number of H-pyrrole nitrogens is 2. The van der Waals surface area contributed by atoms with Gasteiger partial charge in [-0.1, -0.05) is 17.7 Å². The number of rotatable bonds is 4. The summed E-state index contributed by atoms with van der Waals surface area (Å²) < 4.78 is 30.7. The summed E-state index contributed by atoms with van der Waals surface area (Å²) in [7, 11) is 0. The number of hydrogen-bond donors (Lipinski definition) is 3. The normalized spacial score (nSPS) is 11.1. The number of fused-ring (bicyclic) bond motifs is 1. The highest BCUT2D eigenvalue weighted by Crippen LogP contribution is 2.34. The molecule has 0 aliphatic rings. The molecule has 1 aromatic heterocycles. The highest BCUT2D eigenvalue weighted by atomic mass is 35.5. The van der Waals surface area contributed by atoms with Crippen LogP contribution in [0, 0.1) is 18.6 Å². The van der Waals surface area contributed by atoms with Crippen molar-refractivity contribution >= 4 is 40.3 Å². The van der Waals surface area contributed by atoms with E-state index in [2.05, 4.69) is 14.7 Å². The molecule has 3 aromatic carbocycles. The molecule has 0 unspecified atom stereocenters. The van der Waals surface area contributed by atoms with Crippen LogP contribution in [0.4, 0.5) is 14.5 Å². The first-order chi connectivity index (χ1) is 14.3. The van der Waals surface area contributed by atoms with Gasteiger partial charge in [0.25, 0.3) is 0 Å². The first-order valence-electron chi connectivity index (χ1n) is 8.76. The molecule has 3 N–H and O–H groups in total. The van der Waals surface area contributed by atoms with Crippen molar-refractivity contribution < 1.29 is 8.78 Å². The van der Waals surface area contributed by atoms with Crippen molar-refractivity contribution in [3.05, 3.63) is 91.5 Å². The molecule has 0 spiro atoms. The summed E-state index contributed by atoms with van der Waals surface area (Å²) in [5.41, 5.74) is 1.62. The minimum absolute atomic E-state index is 0.0857. The van der Waals surface area contributed by atoms with Gasteiger partial charge in [-0.05, 0) is 66.9 Å². The van der Waals surface area contributed by atoms with Crippen LogP contribution in [0.3, 0.4) is 0 Å². The molecule has 0 amide bonds. The van der Waals surface area contributed by atoms with Crippen LogP contribution in [0.2, 0.25) is 5.02 Å². The van der Waals surface area contributed by atoms with E-state index in [9.17, 15) is 18.4 Å². The monoisotopic (exact) mass is 445 g/mol. The van der Waals surface area contributed by atoms with Gasteiger partial charge in [0.15, 0.2) is 0 Å². The Balaban J connectivity index is 1.60. The molecule has 5 nitrogen and oxygen atoms in total. The molecule has 4 rings (SSSR count). The molecule has 0 saturated heterocycles. The van der Waals surface area contributed by atoms with E-state index in [-0.39, 0.29) is 10.6 Å². The SMILES string of the molecule is Cc1cc2[nH]c(=O)c(=O)[nH]c2cc1SNc1ccc(-c2cc(F)ccc2F)c(Cl)c1. The Morgan fingerprint density at radius 2 is 1.60 bits per heavy atom. The first kappa shape index (κ1) is 20.2. The maximum atomic E-state index is 14.0. The Bertz CT molecular complexity index is 1400. The second-order valence-corrected chi connectivity index (χ2v) is 7.85. The highest BCUT2D eigenvalue weighted by molar-refractivity contribution is 8.00. The van der Waals surface area contributed by atoms with Gasteiger partial charge < -0.3 is 14.7 Å². The van der Waals surface area contributed by atoms with E-state index in [1.807, 2.05) is 6.92 Å². The van der Waals surface area contributed by atoms with Crippen LogP contribution >= 0.6 is 23.5 Å². The molecular weight excluding hydrogens is 432 g/mol. The summed E-state index contributed by atoms with van der Waals surface area (Å²) >= 11 is 7.58. The third kappa shape index (κ3) is 3.96. The lowest BCUT2D eigenvalue weighted by Crippen LogP contribution is -2.28. The van der Waals surface area contributed by atoms with Crippen LogP contribution in [0.25, 0.3) is 22.2 Å². The zero-order chi connectivity index (χ0) is 21.4. The Kier molecular flexibility index (Phi) is 5.36. The van der Waals surface area contributed by atoms with Crippen molar-refractivity contribution in [1.82, 2.24) is 9.97 Å². The zero-order valence-corrected chi connectivity index (χ0v) is 17.0. The topological polar surface area (TPSA) is 77.8 Å². The summed E-state index contributed by atoms with van der Waals surface area (Å²) in [5.74, 6) is -1.11. The molecule has 1 heterocycles. The fraction of sp³-hybridized carbons (Fsp3) is 0.0476. The summed E-state index contributed by atoms with van der Waals surface area (Å²) in [6, 6.07) is 11.6. The van der Waals surface area contributed by atoms with Crippen molar-refractivity contribution in [2.24, 2.45) is 0 Å². The Morgan fingerprint density at radius 1 is 0.900 bits per heavy atom. The van der Waals surface area contributed by atoms with E-state index in [0.717, 1.165) is 28.7 Å². The van der Waals surface area contributed by atoms with E-state index in [1.54, 1.807) is 30.3 Å². The quantitative estimate of drug-likeness (QED) is 0.296. The van der Waals surface area contributed by atoms with Gasteiger partial charge in [0.05, 0.1) is 16.1 Å². The van der Waals surface area contributed by atoms with Crippen LogP contribution in [0.15, 0.2) is 63.0 Å². The number of aromatic amines is 2. The van der Waals surface area contributed by atoms with Crippen molar-refractivity contribution in [3.63, 3.8) is 0 Å². The fourth-order valence-corrected chi connectivity index (χ4v) is 4.01. The molecule has 4 aromatic rings. The lowest BCUT2D eigenvalue weighted by molar-refractivity contribution is 0.603. The summed E-state index contributed by atoms with van der Waals surface area (Å²) in [4.78, 5) is 28.9. The van der Waals surface area contributed by atoms with Gasteiger partial charge in [0, 0.05) is 21.7 Å². The van der Waals surface area contributed by atoms with Crippen molar-refractivity contribution in [2.75, 3.05) is 4.72 Å². The predicted molar refractivity (Wildman–Crippen MR) is 116 cm³/mol. The molecule has 9 heteroatoms. The Hall–Kier alpha value is -3.10. The van der Waals surface area contributed by atoms with Crippen LogP contribution < -0.4 is 15.8 Å². The van der Waals surface area contributed by atoms with Crippen LogP contribution in [0.5, 0.6) is 0 Å². The van der Waals surface area contributed by atoms with Gasteiger partial charge in [0.2, 0.25) is 0 Å². The average Bonchev–Trinajstić information content (AvgIpc) is 2.70. The molecular formula is C21H14ClF2N3O2S. The average molecular weight is 446 g/mol.